The fourth-order valence-corrected chi connectivity index (χ4v) is 3.47. The van der Waals surface area contributed by atoms with Gasteiger partial charge in [-0.1, -0.05) is 0 Å². The van der Waals surface area contributed by atoms with Crippen molar-refractivity contribution >= 4 is 0 Å². The predicted molar refractivity (Wildman–Crippen MR) is 67.7 cm³/mol. The van der Waals surface area contributed by atoms with Gasteiger partial charge in [0.05, 0.1) is 6.54 Å². The number of nitrogens with one attached hydrogen (secondary N) is 2. The molecule has 2 fully saturated rings. The molecule has 0 aliphatic carbocycles. The molecule has 0 radical (unpaired) electrons. The lowest BCUT2D eigenvalue weighted by atomic mass is 9.77. The van der Waals surface area contributed by atoms with Crippen LogP contribution in [0.5, 0.6) is 0 Å². The first-order chi connectivity index (χ1) is 8.29. The van der Waals surface area contributed by atoms with Gasteiger partial charge in [-0.25, -0.2) is 4.98 Å². The molecule has 0 unspecified atom stereocenters. The van der Waals surface area contributed by atoms with Crippen LogP contribution in [0, 0.1) is 0 Å². The summed E-state index contributed by atoms with van der Waals surface area (Å²) < 4.78 is 0. The van der Waals surface area contributed by atoms with Crippen LogP contribution in [0.25, 0.3) is 0 Å². The zero-order chi connectivity index (χ0) is 11.7. The lowest BCUT2D eigenvalue weighted by Gasteiger charge is -2.52. The number of aromatic amines is 1. The molecular weight excluding hydrogens is 212 g/mol. The molecule has 2 N–H and O–H groups in total. The molecule has 0 amide bonds. The van der Waals surface area contributed by atoms with Gasteiger partial charge < -0.3 is 10.3 Å². The first kappa shape index (κ1) is 11.2. The molecule has 94 valence electrons. The van der Waals surface area contributed by atoms with Crippen molar-refractivity contribution in [1.82, 2.24) is 20.2 Å². The average Bonchev–Trinajstić information content (AvgIpc) is 2.83. The van der Waals surface area contributed by atoms with Crippen molar-refractivity contribution in [3.63, 3.8) is 0 Å². The SMILES string of the molecule is C[C@]12CCCN[C@@H]1CCCN2Cc1ncc[nH]1. The van der Waals surface area contributed by atoms with Crippen LogP contribution in [0.2, 0.25) is 0 Å². The van der Waals surface area contributed by atoms with Crippen molar-refractivity contribution in [3.05, 3.63) is 18.2 Å². The zero-order valence-electron chi connectivity index (χ0n) is 10.6. The first-order valence-electron chi connectivity index (χ1n) is 6.76. The Hall–Kier alpha value is -0.870. The van der Waals surface area contributed by atoms with E-state index in [1.54, 1.807) is 0 Å². The average molecular weight is 234 g/mol. The summed E-state index contributed by atoms with van der Waals surface area (Å²) in [5.41, 5.74) is 0.323. The number of nitrogens with zero attached hydrogens (tertiary/aromatic N) is 2. The van der Waals surface area contributed by atoms with Crippen molar-refractivity contribution < 1.29 is 0 Å². The highest BCUT2D eigenvalue weighted by atomic mass is 15.3. The molecule has 0 bridgehead atoms. The number of aromatic nitrogens is 2. The molecular formula is C13H22N4. The van der Waals surface area contributed by atoms with Gasteiger partial charge >= 0.3 is 0 Å². The molecule has 2 aliphatic heterocycles. The van der Waals surface area contributed by atoms with Gasteiger partial charge in [0.2, 0.25) is 0 Å². The predicted octanol–water partition coefficient (Wildman–Crippen LogP) is 1.52. The second-order valence-corrected chi connectivity index (χ2v) is 5.57. The summed E-state index contributed by atoms with van der Waals surface area (Å²) in [6.45, 7) is 5.78. The van der Waals surface area contributed by atoms with Gasteiger partial charge in [-0.2, -0.15) is 0 Å². The molecule has 4 nitrogen and oxygen atoms in total. The van der Waals surface area contributed by atoms with Crippen LogP contribution in [0.3, 0.4) is 0 Å². The monoisotopic (exact) mass is 234 g/mol. The zero-order valence-corrected chi connectivity index (χ0v) is 10.6. The molecule has 2 aliphatic rings. The third kappa shape index (κ3) is 2.00. The van der Waals surface area contributed by atoms with E-state index in [0.29, 0.717) is 11.6 Å². The molecule has 3 heterocycles. The van der Waals surface area contributed by atoms with Gasteiger partial charge in [-0.05, 0) is 45.7 Å². The van der Waals surface area contributed by atoms with Crippen LogP contribution in [-0.4, -0.2) is 39.5 Å². The summed E-state index contributed by atoms with van der Waals surface area (Å²) in [5, 5.41) is 3.70. The quantitative estimate of drug-likeness (QED) is 0.815. The lowest BCUT2D eigenvalue weighted by molar-refractivity contribution is -0.00259. The number of H-pyrrole nitrogens is 1. The fraction of sp³-hybridized carbons (Fsp3) is 0.769. The highest BCUT2D eigenvalue weighted by Crippen LogP contribution is 2.35. The van der Waals surface area contributed by atoms with E-state index in [9.17, 15) is 0 Å². The van der Waals surface area contributed by atoms with Crippen molar-refractivity contribution in [3.8, 4) is 0 Å². The molecule has 4 heteroatoms. The van der Waals surface area contributed by atoms with Crippen LogP contribution in [0.1, 0.15) is 38.4 Å². The maximum atomic E-state index is 4.36. The normalized spacial score (nSPS) is 34.5. The van der Waals surface area contributed by atoms with Crippen molar-refractivity contribution in [1.29, 1.82) is 0 Å². The second kappa shape index (κ2) is 4.42. The van der Waals surface area contributed by atoms with Crippen molar-refractivity contribution in [2.45, 2.75) is 50.7 Å². The van der Waals surface area contributed by atoms with Gasteiger partial charge in [0, 0.05) is 24.0 Å². The topological polar surface area (TPSA) is 44.0 Å². The number of likely N-dealkylation sites (tertiary alicyclic amines) is 1. The van der Waals surface area contributed by atoms with Gasteiger partial charge in [0.25, 0.3) is 0 Å². The van der Waals surface area contributed by atoms with E-state index in [1.807, 2.05) is 12.4 Å². The minimum absolute atomic E-state index is 0.323. The Kier molecular flexibility index (Phi) is 2.92. The molecule has 2 atom stereocenters. The third-order valence-electron chi connectivity index (χ3n) is 4.54. The Morgan fingerprint density at radius 2 is 2.47 bits per heavy atom. The molecule has 0 saturated carbocycles. The van der Waals surface area contributed by atoms with Gasteiger partial charge in [-0.15, -0.1) is 0 Å². The van der Waals surface area contributed by atoms with E-state index in [2.05, 4.69) is 27.1 Å². The molecule has 3 rings (SSSR count). The third-order valence-corrected chi connectivity index (χ3v) is 4.54. The van der Waals surface area contributed by atoms with Crippen LogP contribution in [-0.2, 0) is 6.54 Å². The highest BCUT2D eigenvalue weighted by Gasteiger charge is 2.43. The lowest BCUT2D eigenvalue weighted by Crippen LogP contribution is -2.64. The minimum Gasteiger partial charge on any atom is -0.348 e. The van der Waals surface area contributed by atoms with Crippen molar-refractivity contribution in [2.24, 2.45) is 0 Å². The van der Waals surface area contributed by atoms with Crippen LogP contribution >= 0.6 is 0 Å². The standard InChI is InChI=1S/C13H22N4/c1-13-5-3-6-14-11(13)4-2-9-17(13)10-12-15-7-8-16-12/h7-8,11,14H,2-6,9-10H2,1H3,(H,15,16)/t11-,13+/m1/s1. The van der Waals surface area contributed by atoms with Crippen molar-refractivity contribution in [2.75, 3.05) is 13.1 Å². The van der Waals surface area contributed by atoms with E-state index in [4.69, 9.17) is 0 Å². The number of hydrogen-bond acceptors (Lipinski definition) is 3. The summed E-state index contributed by atoms with van der Waals surface area (Å²) in [6.07, 6.45) is 8.99. The highest BCUT2D eigenvalue weighted by molar-refractivity contribution is 5.04. The summed E-state index contributed by atoms with van der Waals surface area (Å²) >= 11 is 0. The maximum Gasteiger partial charge on any atom is 0.120 e. The molecule has 17 heavy (non-hydrogen) atoms. The van der Waals surface area contributed by atoms with Gasteiger partial charge in [0.1, 0.15) is 5.82 Å². The molecule has 1 aromatic rings. The smallest absolute Gasteiger partial charge is 0.120 e. The van der Waals surface area contributed by atoms with E-state index in [0.717, 1.165) is 12.4 Å². The Balaban J connectivity index is 1.77. The Bertz CT molecular complexity index is 360. The van der Waals surface area contributed by atoms with Crippen LogP contribution in [0.15, 0.2) is 12.4 Å². The summed E-state index contributed by atoms with van der Waals surface area (Å²) in [6, 6.07) is 0.667. The second-order valence-electron chi connectivity index (χ2n) is 5.57. The number of hydrogen-bond donors (Lipinski definition) is 2. The molecule has 2 saturated heterocycles. The fourth-order valence-electron chi connectivity index (χ4n) is 3.47. The number of fused-ring (bicyclic) bond motifs is 1. The molecule has 1 aromatic heterocycles. The van der Waals surface area contributed by atoms with E-state index in [-0.39, 0.29) is 0 Å². The Morgan fingerprint density at radius 3 is 3.29 bits per heavy atom. The van der Waals surface area contributed by atoms with Crippen LogP contribution in [0.4, 0.5) is 0 Å². The molecule has 0 aromatic carbocycles. The minimum atomic E-state index is 0.323. The van der Waals surface area contributed by atoms with E-state index in [1.165, 1.54) is 38.8 Å². The number of rotatable bonds is 2. The number of imidazole rings is 1. The Morgan fingerprint density at radius 1 is 1.53 bits per heavy atom. The summed E-state index contributed by atoms with van der Waals surface area (Å²) in [7, 11) is 0. The molecule has 0 spiro atoms. The van der Waals surface area contributed by atoms with Crippen LogP contribution < -0.4 is 5.32 Å². The largest absolute Gasteiger partial charge is 0.348 e. The Labute approximate surface area is 103 Å². The summed E-state index contributed by atoms with van der Waals surface area (Å²) in [5.74, 6) is 1.09. The van der Waals surface area contributed by atoms with E-state index < -0.39 is 0 Å². The van der Waals surface area contributed by atoms with Gasteiger partial charge in [0.15, 0.2) is 0 Å². The van der Waals surface area contributed by atoms with E-state index >= 15 is 0 Å². The summed E-state index contributed by atoms with van der Waals surface area (Å²) in [4.78, 5) is 10.2. The maximum absolute atomic E-state index is 4.36. The first-order valence-corrected chi connectivity index (χ1v) is 6.76. The number of piperidine rings is 2. The van der Waals surface area contributed by atoms with Gasteiger partial charge in [-0.3, -0.25) is 4.90 Å².